The summed E-state index contributed by atoms with van der Waals surface area (Å²) in [6.45, 7) is 4.20. The van der Waals surface area contributed by atoms with Gasteiger partial charge in [0.2, 0.25) is 0 Å². The molecule has 6 heteroatoms. The molecule has 5 aromatic carbocycles. The van der Waals surface area contributed by atoms with Crippen LogP contribution in [0.5, 0.6) is 0 Å². The van der Waals surface area contributed by atoms with E-state index < -0.39 is 0 Å². The number of hydrogen-bond donors (Lipinski definition) is 0. The summed E-state index contributed by atoms with van der Waals surface area (Å²) in [6, 6.07) is 52.4. The molecule has 0 aliphatic carbocycles. The molecule has 0 bridgehead atoms. The Hall–Kier alpha value is -5.26. The van der Waals surface area contributed by atoms with Gasteiger partial charge in [0.15, 0.2) is 0 Å². The number of nitrogens with zero attached hydrogens (tertiary/aromatic N) is 4. The zero-order chi connectivity index (χ0) is 32.5. The normalized spacial score (nSPS) is 10.9. The zero-order valence-corrected chi connectivity index (χ0v) is 30.1. The Morgan fingerprint density at radius 3 is 2.22 bits per heavy atom. The number of imidazole rings is 1. The summed E-state index contributed by atoms with van der Waals surface area (Å²) >= 11 is 1.82. The third-order valence-corrected chi connectivity index (χ3v) is 9.67. The number of aryl methyl sites for hydroxylation is 2. The Morgan fingerprint density at radius 2 is 1.47 bits per heavy atom. The van der Waals surface area contributed by atoms with Gasteiger partial charge in [0.05, 0.1) is 22.6 Å². The summed E-state index contributed by atoms with van der Waals surface area (Å²) in [5, 5.41) is 2.56. The molecule has 9 rings (SSSR count). The Labute approximate surface area is 303 Å². The third-order valence-electron chi connectivity index (χ3n) is 8.50. The molecule has 239 valence electrons. The average molecular weight is 827 g/mol. The summed E-state index contributed by atoms with van der Waals surface area (Å²) in [5.74, 6) is 0.895. The molecule has 0 unspecified atom stereocenters. The maximum Gasteiger partial charge on any atom is 0.0986 e. The third kappa shape index (κ3) is 6.23. The first-order valence-electron chi connectivity index (χ1n) is 15.9. The molecule has 4 heterocycles. The molecule has 0 spiro atoms. The number of pyridine rings is 2. The summed E-state index contributed by atoms with van der Waals surface area (Å²) in [6.07, 6.45) is 3.65. The molecule has 9 aromatic rings. The van der Waals surface area contributed by atoms with Crippen molar-refractivity contribution in [2.75, 3.05) is 0 Å². The molecule has 0 aliphatic rings. The van der Waals surface area contributed by atoms with Gasteiger partial charge in [-0.25, -0.2) is 0 Å². The fourth-order valence-corrected chi connectivity index (χ4v) is 7.48. The van der Waals surface area contributed by atoms with Crippen LogP contribution in [0.15, 0.2) is 146 Å². The van der Waals surface area contributed by atoms with Gasteiger partial charge in [-0.15, -0.1) is 53.6 Å². The zero-order valence-electron chi connectivity index (χ0n) is 26.9. The van der Waals surface area contributed by atoms with Crippen LogP contribution < -0.4 is 0 Å². The van der Waals surface area contributed by atoms with E-state index in [1.54, 1.807) is 6.20 Å². The van der Waals surface area contributed by atoms with Crippen LogP contribution in [0.25, 0.3) is 70.7 Å². The van der Waals surface area contributed by atoms with E-state index in [2.05, 4.69) is 112 Å². The number of para-hydroxylation sites is 1. The molecule has 4 nitrogen and oxygen atoms in total. The van der Waals surface area contributed by atoms with Gasteiger partial charge in [0.1, 0.15) is 0 Å². The summed E-state index contributed by atoms with van der Waals surface area (Å²) < 4.78 is 4.73. The monoisotopic (exact) mass is 827 g/mol. The van der Waals surface area contributed by atoms with Crippen LogP contribution in [-0.4, -0.2) is 19.5 Å². The van der Waals surface area contributed by atoms with Crippen LogP contribution in [0.3, 0.4) is 0 Å². The molecular formula is C43H30IrN4S-2. The van der Waals surface area contributed by atoms with E-state index in [1.807, 2.05) is 79.1 Å². The Bertz CT molecular complexity index is 2470. The van der Waals surface area contributed by atoms with E-state index in [9.17, 15) is 0 Å². The minimum absolute atomic E-state index is 0. The van der Waals surface area contributed by atoms with Crippen molar-refractivity contribution in [2.24, 2.45) is 0 Å². The van der Waals surface area contributed by atoms with Crippen LogP contribution in [0.4, 0.5) is 0 Å². The molecule has 0 aliphatic heterocycles. The van der Waals surface area contributed by atoms with Crippen LogP contribution in [0.1, 0.15) is 11.3 Å². The fourth-order valence-electron chi connectivity index (χ4n) is 6.17. The molecule has 0 atom stereocenters. The largest absolute Gasteiger partial charge is 0.333 e. The molecule has 49 heavy (non-hydrogen) atoms. The van der Waals surface area contributed by atoms with Crippen LogP contribution in [-0.2, 0) is 20.1 Å². The van der Waals surface area contributed by atoms with Crippen LogP contribution in [0, 0.1) is 26.0 Å². The Balaban J connectivity index is 0.000000246. The number of rotatable bonds is 4. The number of thiophene rings is 1. The van der Waals surface area contributed by atoms with Gasteiger partial charge in [-0.3, -0.25) is 9.97 Å². The topological polar surface area (TPSA) is 43.6 Å². The molecule has 0 amide bonds. The average Bonchev–Trinajstić information content (AvgIpc) is 3.74. The van der Waals surface area contributed by atoms with Crippen molar-refractivity contribution in [3.63, 3.8) is 0 Å². The van der Waals surface area contributed by atoms with Crippen LogP contribution >= 0.6 is 11.3 Å². The maximum atomic E-state index is 5.15. The van der Waals surface area contributed by atoms with Crippen molar-refractivity contribution in [3.8, 4) is 39.5 Å². The first kappa shape index (κ1) is 32.3. The maximum absolute atomic E-state index is 5.15. The Morgan fingerprint density at radius 1 is 0.694 bits per heavy atom. The van der Waals surface area contributed by atoms with E-state index in [0.29, 0.717) is 0 Å². The summed E-state index contributed by atoms with van der Waals surface area (Å²) in [7, 11) is 0. The van der Waals surface area contributed by atoms with Crippen molar-refractivity contribution < 1.29 is 20.1 Å². The number of fused-ring (bicyclic) bond motifs is 4. The molecule has 0 saturated carbocycles. The fraction of sp³-hybridized carbons (Fsp3) is 0.0465. The van der Waals surface area contributed by atoms with E-state index in [0.717, 1.165) is 45.1 Å². The standard InChI is InChI=1S/C32H22N3S.C11H8N.Ir/c1-20-13-15-26(31-29(20)25-16-14-23(19-28(25)36-31)22-9-5-3-6-10-22)32-34-30-21(2)33-18-17-27(30)35(32)24-11-7-4-8-12-24;1-2-6-10(7-3-1)11-8-4-5-9-12-11;/h3-14,16-19H,1-2H3;1-6,8-9H;/q2*-1;. The predicted octanol–water partition coefficient (Wildman–Crippen LogP) is 11.1. The molecule has 4 aromatic heterocycles. The van der Waals surface area contributed by atoms with Gasteiger partial charge in [-0.1, -0.05) is 90.7 Å². The minimum atomic E-state index is 0. The van der Waals surface area contributed by atoms with E-state index in [1.165, 1.54) is 36.9 Å². The van der Waals surface area contributed by atoms with E-state index in [-0.39, 0.29) is 20.1 Å². The minimum Gasteiger partial charge on any atom is -0.333 e. The van der Waals surface area contributed by atoms with Crippen molar-refractivity contribution in [1.29, 1.82) is 0 Å². The van der Waals surface area contributed by atoms with Gasteiger partial charge in [-0.05, 0) is 64.2 Å². The molecule has 1 radical (unpaired) electrons. The van der Waals surface area contributed by atoms with Crippen molar-refractivity contribution >= 4 is 42.5 Å². The predicted molar refractivity (Wildman–Crippen MR) is 199 cm³/mol. The molecular weight excluding hydrogens is 797 g/mol. The first-order chi connectivity index (χ1) is 23.7. The molecule has 0 fully saturated rings. The number of aromatic nitrogens is 4. The number of hydrogen-bond acceptors (Lipinski definition) is 4. The van der Waals surface area contributed by atoms with Gasteiger partial charge in [-0.2, -0.15) is 11.3 Å². The second-order valence-electron chi connectivity index (χ2n) is 11.6. The molecule has 0 N–H and O–H groups in total. The van der Waals surface area contributed by atoms with Gasteiger partial charge < -0.3 is 9.55 Å². The van der Waals surface area contributed by atoms with E-state index in [4.69, 9.17) is 4.98 Å². The van der Waals surface area contributed by atoms with Crippen LogP contribution in [0.2, 0.25) is 0 Å². The summed E-state index contributed by atoms with van der Waals surface area (Å²) in [4.78, 5) is 13.9. The first-order valence-corrected chi connectivity index (χ1v) is 16.7. The smallest absolute Gasteiger partial charge is 0.0986 e. The van der Waals surface area contributed by atoms with Crippen molar-refractivity contribution in [3.05, 3.63) is 169 Å². The SMILES string of the molecule is Cc1nccc2c1nc(-c1[c-]cc(C)c3c1sc1cc(-c4ccccc4)ccc13)n2-c1ccccc1.[Ir].[c-]1ccccc1-c1ccccn1. The molecule has 0 saturated heterocycles. The van der Waals surface area contributed by atoms with Crippen molar-refractivity contribution in [2.45, 2.75) is 13.8 Å². The number of benzene rings is 5. The van der Waals surface area contributed by atoms with Gasteiger partial charge in [0.25, 0.3) is 0 Å². The second kappa shape index (κ2) is 14.1. The van der Waals surface area contributed by atoms with Crippen molar-refractivity contribution in [1.82, 2.24) is 19.5 Å². The Kier molecular flexibility index (Phi) is 9.27. The van der Waals surface area contributed by atoms with Gasteiger partial charge >= 0.3 is 0 Å². The van der Waals surface area contributed by atoms with E-state index >= 15 is 0 Å². The second-order valence-corrected chi connectivity index (χ2v) is 12.6. The summed E-state index contributed by atoms with van der Waals surface area (Å²) in [5.41, 5.74) is 10.7. The van der Waals surface area contributed by atoms with Gasteiger partial charge in [0, 0.05) is 42.9 Å². The quantitative estimate of drug-likeness (QED) is 0.166.